The van der Waals surface area contributed by atoms with Crippen molar-refractivity contribution in [1.29, 1.82) is 0 Å². The molecule has 2 N–H and O–H groups in total. The second-order valence-corrected chi connectivity index (χ2v) is 21.7. The van der Waals surface area contributed by atoms with E-state index < -0.39 is 35.5 Å². The highest BCUT2D eigenvalue weighted by molar-refractivity contribution is 15.0. The normalized spacial score (nSPS) is 13.9. The number of carboxylic acid groups (broad SMARTS) is 1. The number of benzene rings is 6. The van der Waals surface area contributed by atoms with Gasteiger partial charge in [-0.25, -0.2) is 28.3 Å². The summed E-state index contributed by atoms with van der Waals surface area (Å²) in [5, 5.41) is 12.0. The third-order valence-corrected chi connectivity index (χ3v) is 14.0. The molecule has 2 fully saturated rings. The van der Waals surface area contributed by atoms with E-state index in [0.29, 0.717) is 49.5 Å². The maximum atomic E-state index is 15.4. The highest BCUT2D eigenvalue weighted by atomic mass is 128. The quantitative estimate of drug-likeness (QED) is 0.0510. The van der Waals surface area contributed by atoms with Crippen molar-refractivity contribution in [2.45, 2.75) is 63.4 Å². The predicted octanol–water partition coefficient (Wildman–Crippen LogP) is 15.2. The number of methoxy groups -OCH3 is 3. The number of para-hydroxylation sites is 3. The molecule has 0 aliphatic carbocycles. The largest absolute Gasteiger partial charge is 0.497 e. The van der Waals surface area contributed by atoms with E-state index in [1.54, 1.807) is 66.9 Å². The van der Waals surface area contributed by atoms with Gasteiger partial charge in [0.2, 0.25) is 0 Å². The van der Waals surface area contributed by atoms with Gasteiger partial charge in [-0.3, -0.25) is 19.8 Å². The van der Waals surface area contributed by atoms with Crippen LogP contribution in [0.5, 0.6) is 17.2 Å². The number of hydrogen-bond acceptors (Lipinski definition) is 17. The first-order chi connectivity index (χ1) is 43.0. The van der Waals surface area contributed by atoms with Gasteiger partial charge in [-0.2, -0.15) is 0 Å². The van der Waals surface area contributed by atoms with Gasteiger partial charge in [0, 0.05) is 130 Å². The van der Waals surface area contributed by atoms with Crippen LogP contribution < -0.4 is 39.1 Å². The Kier molecular flexibility index (Phi) is 26.3. The van der Waals surface area contributed by atoms with Gasteiger partial charge >= 0.3 is 11.9 Å². The van der Waals surface area contributed by atoms with Crippen LogP contribution in [-0.4, -0.2) is 128 Å². The number of carbonyl (C=O) groups excluding carboxylic acids is 1. The molecular formula is C67H75F2I2N9O9. The number of rotatable bonds is 21. The SMILES string of the molecule is COc1cccc(N(c2ccccc2)c2cncc(N3CCC(F)(COCC(=O)O)CC3)n2)c1.COc1cccc(N(c2ccccc2)c2cncc(N3CCC(F)(COCC(=O)OC(C)(C)C)CC3)n2)c1.COc1cccc(Nc2ccccc2)c1.II. The van der Waals surface area contributed by atoms with E-state index in [4.69, 9.17) is 43.5 Å². The van der Waals surface area contributed by atoms with Gasteiger partial charge in [0.05, 0.1) is 70.7 Å². The number of carbonyl (C=O) groups is 2. The molecule has 0 spiro atoms. The summed E-state index contributed by atoms with van der Waals surface area (Å²) in [6.45, 7) is 5.97. The Morgan fingerprint density at radius 1 is 0.539 bits per heavy atom. The zero-order valence-electron chi connectivity index (χ0n) is 50.7. The van der Waals surface area contributed by atoms with Gasteiger partial charge < -0.3 is 48.6 Å². The second kappa shape index (κ2) is 34.1. The summed E-state index contributed by atoms with van der Waals surface area (Å²) in [5.41, 5.74) is 2.03. The summed E-state index contributed by atoms with van der Waals surface area (Å²) >= 11 is 4.24. The minimum atomic E-state index is -1.55. The van der Waals surface area contributed by atoms with Crippen molar-refractivity contribution in [3.63, 3.8) is 0 Å². The summed E-state index contributed by atoms with van der Waals surface area (Å²) in [7, 11) is 4.93. The number of aliphatic carboxylic acids is 1. The van der Waals surface area contributed by atoms with Gasteiger partial charge in [0.15, 0.2) is 11.6 Å². The van der Waals surface area contributed by atoms with Crippen LogP contribution in [0.1, 0.15) is 46.5 Å². The zero-order valence-corrected chi connectivity index (χ0v) is 55.0. The Labute approximate surface area is 542 Å². The highest BCUT2D eigenvalue weighted by Gasteiger charge is 2.37. The van der Waals surface area contributed by atoms with Crippen LogP contribution in [0.2, 0.25) is 0 Å². The molecule has 2 saturated heterocycles. The van der Waals surface area contributed by atoms with Crippen LogP contribution in [-0.2, 0) is 23.8 Å². The minimum absolute atomic E-state index is 0.149. The fourth-order valence-corrected chi connectivity index (χ4v) is 9.65. The van der Waals surface area contributed by atoms with Gasteiger partial charge in [0.25, 0.3) is 0 Å². The molecule has 0 amide bonds. The van der Waals surface area contributed by atoms with E-state index in [1.807, 2.05) is 183 Å². The van der Waals surface area contributed by atoms with Crippen molar-refractivity contribution < 1.29 is 51.9 Å². The van der Waals surface area contributed by atoms with E-state index in [2.05, 4.69) is 52.5 Å². The smallest absolute Gasteiger partial charge is 0.332 e. The lowest BCUT2D eigenvalue weighted by Gasteiger charge is -2.37. The molecule has 0 saturated carbocycles. The predicted molar refractivity (Wildman–Crippen MR) is 363 cm³/mol. The number of anilines is 10. The molecule has 470 valence electrons. The topological polar surface area (TPSA) is 186 Å². The van der Waals surface area contributed by atoms with Gasteiger partial charge in [-0.1, -0.05) is 72.8 Å². The van der Waals surface area contributed by atoms with E-state index in [9.17, 15) is 9.59 Å². The van der Waals surface area contributed by atoms with E-state index >= 15 is 8.78 Å². The third kappa shape index (κ3) is 21.4. The third-order valence-electron chi connectivity index (χ3n) is 14.0. The monoisotopic (exact) mass is 1440 g/mol. The number of carboxylic acids is 1. The molecule has 2 aliphatic rings. The number of nitrogens with zero attached hydrogens (tertiary/aromatic N) is 8. The number of nitrogens with one attached hydrogen (secondary N) is 1. The molecule has 0 unspecified atom stereocenters. The fraction of sp³-hybridized carbons (Fsp3) is 0.313. The Bertz CT molecular complexity index is 3440. The van der Waals surface area contributed by atoms with E-state index in [-0.39, 0.29) is 45.5 Å². The summed E-state index contributed by atoms with van der Waals surface area (Å²) < 4.78 is 62.0. The summed E-state index contributed by atoms with van der Waals surface area (Å²) in [6, 6.07) is 53.1. The van der Waals surface area contributed by atoms with Gasteiger partial charge in [0.1, 0.15) is 59.0 Å². The van der Waals surface area contributed by atoms with E-state index in [0.717, 1.165) is 51.4 Å². The van der Waals surface area contributed by atoms with Crippen LogP contribution in [0.15, 0.2) is 189 Å². The molecule has 89 heavy (non-hydrogen) atoms. The minimum Gasteiger partial charge on any atom is -0.497 e. The number of aromatic nitrogens is 4. The van der Waals surface area contributed by atoms with Crippen molar-refractivity contribution in [2.75, 3.05) is 98.9 Å². The van der Waals surface area contributed by atoms with Crippen molar-refractivity contribution in [2.24, 2.45) is 0 Å². The first-order valence-corrected chi connectivity index (χ1v) is 35.0. The first kappa shape index (κ1) is 68.5. The molecule has 0 bridgehead atoms. The number of alkyl halides is 2. The fourth-order valence-electron chi connectivity index (χ4n) is 9.65. The lowest BCUT2D eigenvalue weighted by Crippen LogP contribution is -2.45. The van der Waals surface area contributed by atoms with Crippen LogP contribution in [0.3, 0.4) is 0 Å². The molecule has 18 nitrogen and oxygen atoms in total. The lowest BCUT2D eigenvalue weighted by atomic mass is 9.94. The standard InChI is InChI=1S/C29H35FN4O4.C25H27FN4O4.C13H13NO.I2/c1-28(2,3)38-27(35)20-37-21-29(30)13-15-33(16-14-29)25-18-31-19-26(32-25)34(22-9-6-5-7-10-22)23-11-8-12-24(17-23)36-4;1-33-21-9-5-8-20(14-21)30(19-6-3-2-4-7-19)23-16-27-15-22(28-23)29-12-10-25(26,11-13-29)18-34-17-24(31)32;1-15-13-9-5-8-12(10-13)14-11-6-3-2-4-7-11;1-2/h5-12,17-19H,13-16,20-21H2,1-4H3;2-9,14-16H,10-13,17-18H2,1H3,(H,31,32);2-10,14H,1H3;. The first-order valence-electron chi connectivity index (χ1n) is 28.7. The van der Waals surface area contributed by atoms with E-state index in [1.165, 1.54) is 0 Å². The second-order valence-electron chi connectivity index (χ2n) is 21.7. The van der Waals surface area contributed by atoms with Crippen molar-refractivity contribution in [3.8, 4) is 17.2 Å². The average Bonchev–Trinajstić information content (AvgIpc) is 3.75. The van der Waals surface area contributed by atoms with Crippen molar-refractivity contribution >= 4 is 107 Å². The summed E-state index contributed by atoms with van der Waals surface area (Å²) in [4.78, 5) is 49.1. The maximum Gasteiger partial charge on any atom is 0.332 e. The molecule has 10 rings (SSSR count). The van der Waals surface area contributed by atoms with Gasteiger partial charge in [-0.05, 0) is 93.6 Å². The average molecular weight is 1440 g/mol. The van der Waals surface area contributed by atoms with Crippen LogP contribution >= 0.6 is 37.2 Å². The number of halogens is 4. The molecule has 0 radical (unpaired) electrons. The van der Waals surface area contributed by atoms with Crippen molar-refractivity contribution in [1.82, 2.24) is 19.9 Å². The summed E-state index contributed by atoms with van der Waals surface area (Å²) in [5.74, 6) is 3.30. The Balaban J connectivity index is 0.000000202. The lowest BCUT2D eigenvalue weighted by molar-refractivity contribution is -0.161. The van der Waals surface area contributed by atoms with Crippen LogP contribution in [0, 0.1) is 0 Å². The number of ether oxygens (including phenoxy) is 6. The number of piperidine rings is 2. The van der Waals surface area contributed by atoms with Gasteiger partial charge in [-0.15, -0.1) is 0 Å². The Hall–Kier alpha value is -7.94. The molecule has 8 aromatic rings. The highest BCUT2D eigenvalue weighted by Crippen LogP contribution is 2.39. The van der Waals surface area contributed by atoms with Crippen LogP contribution in [0.4, 0.5) is 66.2 Å². The molecule has 22 heteroatoms. The maximum absolute atomic E-state index is 15.4. The Morgan fingerprint density at radius 3 is 1.34 bits per heavy atom. The molecule has 0 atom stereocenters. The number of hydrogen-bond donors (Lipinski definition) is 2. The van der Waals surface area contributed by atoms with Crippen LogP contribution in [0.25, 0.3) is 0 Å². The summed E-state index contributed by atoms with van der Waals surface area (Å²) in [6.07, 6.45) is 7.72. The molecule has 4 heterocycles. The van der Waals surface area contributed by atoms with Crippen molar-refractivity contribution in [3.05, 3.63) is 189 Å². The zero-order chi connectivity index (χ0) is 63.7. The molecule has 6 aromatic carbocycles. The number of esters is 1. The molecule has 2 aliphatic heterocycles. The molecular weight excluding hydrogens is 1370 g/mol. The molecule has 2 aromatic heterocycles. The Morgan fingerprint density at radius 2 is 0.921 bits per heavy atom.